The maximum Gasteiger partial charge on any atom is 0.416 e. The molecule has 0 aliphatic carbocycles. The van der Waals surface area contributed by atoms with Gasteiger partial charge in [-0.25, -0.2) is 0 Å². The zero-order chi connectivity index (χ0) is 14.8. The lowest BCUT2D eigenvalue weighted by atomic mass is 9.98. The molecular formula is C15H15ClF3NO. The number of nitrogens with two attached hydrogens (primary N) is 1. The number of rotatable bonds is 3. The lowest BCUT2D eigenvalue weighted by Gasteiger charge is -2.14. The Labute approximate surface area is 127 Å². The lowest BCUT2D eigenvalue weighted by Crippen LogP contribution is -2.12. The predicted molar refractivity (Wildman–Crippen MR) is 77.7 cm³/mol. The van der Waals surface area contributed by atoms with Gasteiger partial charge in [-0.15, -0.1) is 12.4 Å². The summed E-state index contributed by atoms with van der Waals surface area (Å²) >= 11 is 0. The third kappa shape index (κ3) is 4.12. The molecule has 6 heteroatoms. The van der Waals surface area contributed by atoms with E-state index in [-0.39, 0.29) is 12.4 Å². The van der Waals surface area contributed by atoms with Crippen molar-refractivity contribution in [1.29, 1.82) is 0 Å². The molecule has 1 atom stereocenters. The van der Waals surface area contributed by atoms with E-state index in [4.69, 9.17) is 10.5 Å². The summed E-state index contributed by atoms with van der Waals surface area (Å²) in [4.78, 5) is 0. The van der Waals surface area contributed by atoms with Crippen LogP contribution in [0, 0.1) is 0 Å². The molecule has 0 heterocycles. The minimum absolute atomic E-state index is 0. The Morgan fingerprint density at radius 3 is 1.71 bits per heavy atom. The van der Waals surface area contributed by atoms with Gasteiger partial charge in [-0.3, -0.25) is 0 Å². The van der Waals surface area contributed by atoms with Crippen molar-refractivity contribution in [1.82, 2.24) is 0 Å². The van der Waals surface area contributed by atoms with Crippen molar-refractivity contribution >= 4 is 12.4 Å². The second-order valence-corrected chi connectivity index (χ2v) is 4.37. The van der Waals surface area contributed by atoms with Gasteiger partial charge in [0.05, 0.1) is 18.7 Å². The van der Waals surface area contributed by atoms with Crippen LogP contribution in [0.15, 0.2) is 48.5 Å². The monoisotopic (exact) mass is 317 g/mol. The molecule has 0 aliphatic rings. The van der Waals surface area contributed by atoms with Crippen LogP contribution < -0.4 is 10.5 Å². The topological polar surface area (TPSA) is 35.2 Å². The number of hydrogen-bond acceptors (Lipinski definition) is 2. The fourth-order valence-corrected chi connectivity index (χ4v) is 1.88. The van der Waals surface area contributed by atoms with Crippen molar-refractivity contribution in [2.75, 3.05) is 7.11 Å². The van der Waals surface area contributed by atoms with Crippen LogP contribution in [-0.4, -0.2) is 7.11 Å². The zero-order valence-corrected chi connectivity index (χ0v) is 12.0. The summed E-state index contributed by atoms with van der Waals surface area (Å²) in [6, 6.07) is 11.5. The van der Waals surface area contributed by atoms with Gasteiger partial charge < -0.3 is 10.5 Å². The molecule has 0 amide bonds. The molecule has 2 aromatic carbocycles. The molecule has 0 spiro atoms. The molecular weight excluding hydrogens is 303 g/mol. The molecule has 2 nitrogen and oxygen atoms in total. The zero-order valence-electron chi connectivity index (χ0n) is 11.2. The van der Waals surface area contributed by atoms with E-state index in [0.29, 0.717) is 11.3 Å². The van der Waals surface area contributed by atoms with Crippen LogP contribution in [0.25, 0.3) is 0 Å². The maximum atomic E-state index is 12.5. The van der Waals surface area contributed by atoms with E-state index in [9.17, 15) is 13.2 Å². The first-order chi connectivity index (χ1) is 9.41. The summed E-state index contributed by atoms with van der Waals surface area (Å²) in [6.07, 6.45) is -4.33. The van der Waals surface area contributed by atoms with Gasteiger partial charge in [-0.05, 0) is 35.4 Å². The average molecular weight is 318 g/mol. The summed E-state index contributed by atoms with van der Waals surface area (Å²) in [7, 11) is 1.56. The van der Waals surface area contributed by atoms with E-state index >= 15 is 0 Å². The molecule has 0 aromatic heterocycles. The maximum absolute atomic E-state index is 12.5. The number of ether oxygens (including phenoxy) is 1. The molecule has 0 radical (unpaired) electrons. The number of hydrogen-bond donors (Lipinski definition) is 1. The highest BCUT2D eigenvalue weighted by Crippen LogP contribution is 2.30. The molecule has 2 N–H and O–H groups in total. The molecule has 0 fully saturated rings. The number of halogens is 4. The van der Waals surface area contributed by atoms with E-state index in [1.165, 1.54) is 12.1 Å². The van der Waals surface area contributed by atoms with Crippen LogP contribution in [-0.2, 0) is 6.18 Å². The van der Waals surface area contributed by atoms with E-state index < -0.39 is 17.8 Å². The Morgan fingerprint density at radius 2 is 1.33 bits per heavy atom. The van der Waals surface area contributed by atoms with Crippen LogP contribution in [0.1, 0.15) is 22.7 Å². The minimum atomic E-state index is -4.33. The van der Waals surface area contributed by atoms with Gasteiger partial charge in [0.25, 0.3) is 0 Å². The second kappa shape index (κ2) is 6.83. The first-order valence-electron chi connectivity index (χ1n) is 5.98. The molecule has 21 heavy (non-hydrogen) atoms. The quantitative estimate of drug-likeness (QED) is 0.921. The first kappa shape index (κ1) is 17.3. The Balaban J connectivity index is 0.00000220. The second-order valence-electron chi connectivity index (χ2n) is 4.37. The van der Waals surface area contributed by atoms with Gasteiger partial charge in [0, 0.05) is 0 Å². The summed E-state index contributed by atoms with van der Waals surface area (Å²) in [5, 5.41) is 0. The van der Waals surface area contributed by atoms with Crippen LogP contribution >= 0.6 is 12.4 Å². The van der Waals surface area contributed by atoms with Crippen molar-refractivity contribution < 1.29 is 17.9 Å². The van der Waals surface area contributed by atoms with Crippen molar-refractivity contribution in [2.24, 2.45) is 5.73 Å². The van der Waals surface area contributed by atoms with Gasteiger partial charge in [-0.2, -0.15) is 13.2 Å². The summed E-state index contributed by atoms with van der Waals surface area (Å²) in [5.74, 6) is 0.702. The SMILES string of the molecule is COc1ccc(C(N)c2ccc(C(F)(F)F)cc2)cc1.Cl. The molecule has 1 unspecified atom stereocenters. The highest BCUT2D eigenvalue weighted by Gasteiger charge is 2.30. The van der Waals surface area contributed by atoms with Gasteiger partial charge in [-0.1, -0.05) is 24.3 Å². The molecule has 2 aromatic rings. The Morgan fingerprint density at radius 1 is 0.905 bits per heavy atom. The fourth-order valence-electron chi connectivity index (χ4n) is 1.88. The number of benzene rings is 2. The van der Waals surface area contributed by atoms with Crippen molar-refractivity contribution in [3.63, 3.8) is 0 Å². The van der Waals surface area contributed by atoms with Crippen molar-refractivity contribution in [3.8, 4) is 5.75 Å². The molecule has 2 rings (SSSR count). The third-order valence-electron chi connectivity index (χ3n) is 3.07. The third-order valence-corrected chi connectivity index (χ3v) is 3.07. The fraction of sp³-hybridized carbons (Fsp3) is 0.200. The smallest absolute Gasteiger partial charge is 0.416 e. The highest BCUT2D eigenvalue weighted by atomic mass is 35.5. The summed E-state index contributed by atoms with van der Waals surface area (Å²) in [6.45, 7) is 0. The average Bonchev–Trinajstić information content (AvgIpc) is 2.46. The molecule has 0 saturated carbocycles. The largest absolute Gasteiger partial charge is 0.497 e. The van der Waals surface area contributed by atoms with Gasteiger partial charge >= 0.3 is 6.18 Å². The number of methoxy groups -OCH3 is 1. The number of alkyl halides is 3. The van der Waals surface area contributed by atoms with Gasteiger partial charge in [0.15, 0.2) is 0 Å². The van der Waals surface area contributed by atoms with E-state index in [1.54, 1.807) is 31.4 Å². The van der Waals surface area contributed by atoms with E-state index in [2.05, 4.69) is 0 Å². The summed E-state index contributed by atoms with van der Waals surface area (Å²) < 4.78 is 42.5. The van der Waals surface area contributed by atoms with E-state index in [1.807, 2.05) is 0 Å². The van der Waals surface area contributed by atoms with Crippen molar-refractivity contribution in [2.45, 2.75) is 12.2 Å². The Bertz CT molecular complexity index is 567. The normalized spacial score (nSPS) is 12.4. The minimum Gasteiger partial charge on any atom is -0.497 e. The van der Waals surface area contributed by atoms with Crippen LogP contribution in [0.2, 0.25) is 0 Å². The highest BCUT2D eigenvalue weighted by molar-refractivity contribution is 5.85. The van der Waals surface area contributed by atoms with Crippen LogP contribution in [0.4, 0.5) is 13.2 Å². The molecule has 0 aliphatic heterocycles. The van der Waals surface area contributed by atoms with E-state index in [0.717, 1.165) is 17.7 Å². The van der Waals surface area contributed by atoms with Gasteiger partial charge in [0.1, 0.15) is 5.75 Å². The summed E-state index contributed by atoms with van der Waals surface area (Å²) in [5.41, 5.74) is 6.81. The van der Waals surface area contributed by atoms with Crippen LogP contribution in [0.3, 0.4) is 0 Å². The predicted octanol–water partition coefficient (Wildman–Crippen LogP) is 4.18. The molecule has 0 saturated heterocycles. The Hall–Kier alpha value is -1.72. The standard InChI is InChI=1S/C15H14F3NO.ClH/c1-20-13-8-4-11(5-9-13)14(19)10-2-6-12(7-3-10)15(16,17)18;/h2-9,14H,19H2,1H3;1H. The lowest BCUT2D eigenvalue weighted by molar-refractivity contribution is -0.137. The molecule has 114 valence electrons. The Kier molecular flexibility index (Phi) is 5.63. The van der Waals surface area contributed by atoms with Crippen LogP contribution in [0.5, 0.6) is 5.75 Å². The molecule has 0 bridgehead atoms. The van der Waals surface area contributed by atoms with Crippen molar-refractivity contribution in [3.05, 3.63) is 65.2 Å². The van der Waals surface area contributed by atoms with Gasteiger partial charge in [0.2, 0.25) is 0 Å². The first-order valence-corrected chi connectivity index (χ1v) is 5.98.